The second kappa shape index (κ2) is 8.08. The number of rotatable bonds is 5. The zero-order valence-electron chi connectivity index (χ0n) is 15.7. The van der Waals surface area contributed by atoms with Gasteiger partial charge >= 0.3 is 0 Å². The van der Waals surface area contributed by atoms with Crippen molar-refractivity contribution in [2.24, 2.45) is 5.92 Å². The van der Waals surface area contributed by atoms with E-state index in [1.165, 1.54) is 32.1 Å². The number of amides is 1. The van der Waals surface area contributed by atoms with Crippen LogP contribution in [-0.4, -0.2) is 34.6 Å². The van der Waals surface area contributed by atoms with Crippen LogP contribution < -0.4 is 10.1 Å². The molecule has 1 aromatic carbocycles. The van der Waals surface area contributed by atoms with Crippen LogP contribution in [0.4, 0.5) is 0 Å². The molecule has 7 nitrogen and oxygen atoms in total. The van der Waals surface area contributed by atoms with E-state index in [0.717, 1.165) is 23.6 Å². The summed E-state index contributed by atoms with van der Waals surface area (Å²) < 4.78 is 13.0. The molecule has 144 valence electrons. The van der Waals surface area contributed by atoms with Gasteiger partial charge in [-0.05, 0) is 36.5 Å². The number of benzene rings is 1. The van der Waals surface area contributed by atoms with Crippen LogP contribution in [0.5, 0.6) is 5.75 Å². The van der Waals surface area contributed by atoms with Crippen molar-refractivity contribution in [3.63, 3.8) is 0 Å². The molecule has 1 saturated carbocycles. The number of fused-ring (bicyclic) bond motifs is 1. The van der Waals surface area contributed by atoms with E-state index in [0.29, 0.717) is 24.8 Å². The largest absolute Gasteiger partial charge is 0.497 e. The lowest BCUT2D eigenvalue weighted by Crippen LogP contribution is -2.32. The topological polar surface area (TPSA) is 78.3 Å². The second-order valence-electron chi connectivity index (χ2n) is 7.35. The van der Waals surface area contributed by atoms with E-state index in [4.69, 9.17) is 9.47 Å². The third-order valence-electron chi connectivity index (χ3n) is 5.58. The number of methoxy groups -OCH3 is 1. The molecule has 1 N–H and O–H groups in total. The van der Waals surface area contributed by atoms with Gasteiger partial charge in [0, 0.05) is 6.54 Å². The van der Waals surface area contributed by atoms with Gasteiger partial charge in [-0.1, -0.05) is 36.6 Å². The summed E-state index contributed by atoms with van der Waals surface area (Å²) in [6.07, 6.45) is 6.14. The van der Waals surface area contributed by atoms with Crippen molar-refractivity contribution in [3.05, 3.63) is 41.2 Å². The molecule has 1 amide bonds. The first-order valence-corrected chi connectivity index (χ1v) is 9.70. The average Bonchev–Trinajstić information content (AvgIpc) is 3.16. The van der Waals surface area contributed by atoms with Crippen molar-refractivity contribution in [1.29, 1.82) is 0 Å². The Hall–Kier alpha value is -2.41. The van der Waals surface area contributed by atoms with E-state index in [2.05, 4.69) is 15.6 Å². The van der Waals surface area contributed by atoms with Gasteiger partial charge in [0.25, 0.3) is 5.91 Å². The molecule has 1 fully saturated rings. The number of hydrogen-bond donors (Lipinski definition) is 1. The summed E-state index contributed by atoms with van der Waals surface area (Å²) in [6, 6.07) is 7.81. The van der Waals surface area contributed by atoms with E-state index in [1.54, 1.807) is 11.8 Å². The van der Waals surface area contributed by atoms with Crippen molar-refractivity contribution >= 4 is 5.91 Å². The molecule has 0 radical (unpaired) electrons. The van der Waals surface area contributed by atoms with Crippen LogP contribution in [0, 0.1) is 5.92 Å². The minimum atomic E-state index is -0.145. The highest BCUT2D eigenvalue weighted by molar-refractivity contribution is 5.93. The summed E-state index contributed by atoms with van der Waals surface area (Å²) in [6.45, 7) is 1.60. The highest BCUT2D eigenvalue weighted by Crippen LogP contribution is 2.28. The maximum atomic E-state index is 12.5. The molecule has 0 bridgehead atoms. The fourth-order valence-corrected chi connectivity index (χ4v) is 3.92. The first-order valence-electron chi connectivity index (χ1n) is 9.70. The zero-order chi connectivity index (χ0) is 18.6. The molecule has 2 aliphatic rings. The van der Waals surface area contributed by atoms with Gasteiger partial charge < -0.3 is 14.8 Å². The van der Waals surface area contributed by atoms with Crippen molar-refractivity contribution in [3.8, 4) is 5.75 Å². The average molecular weight is 370 g/mol. The monoisotopic (exact) mass is 370 g/mol. The van der Waals surface area contributed by atoms with Crippen molar-refractivity contribution in [2.75, 3.05) is 13.7 Å². The Morgan fingerprint density at radius 2 is 2.04 bits per heavy atom. The van der Waals surface area contributed by atoms with E-state index in [1.807, 2.05) is 24.3 Å². The van der Waals surface area contributed by atoms with Crippen LogP contribution in [0.15, 0.2) is 24.3 Å². The SMILES string of the molecule is COc1ccc([C@@H]2Cn3nnc(C(=O)NCC4CCCCC4)c3CO2)cc1. The maximum Gasteiger partial charge on any atom is 0.273 e. The Morgan fingerprint density at radius 1 is 1.26 bits per heavy atom. The maximum absolute atomic E-state index is 12.5. The van der Waals surface area contributed by atoms with Gasteiger partial charge in [-0.25, -0.2) is 4.68 Å². The predicted molar refractivity (Wildman–Crippen MR) is 99.5 cm³/mol. The molecule has 0 unspecified atom stereocenters. The minimum Gasteiger partial charge on any atom is -0.497 e. The second-order valence-corrected chi connectivity index (χ2v) is 7.35. The molecular formula is C20H26N4O3. The lowest BCUT2D eigenvalue weighted by molar-refractivity contribution is -0.00179. The van der Waals surface area contributed by atoms with E-state index in [9.17, 15) is 4.79 Å². The first-order chi connectivity index (χ1) is 13.2. The molecule has 1 aliphatic heterocycles. The zero-order valence-corrected chi connectivity index (χ0v) is 15.7. The molecule has 27 heavy (non-hydrogen) atoms. The summed E-state index contributed by atoms with van der Waals surface area (Å²) >= 11 is 0. The van der Waals surface area contributed by atoms with E-state index in [-0.39, 0.29) is 12.0 Å². The van der Waals surface area contributed by atoms with Crippen LogP contribution in [0.2, 0.25) is 0 Å². The molecular weight excluding hydrogens is 344 g/mol. The molecule has 0 spiro atoms. The van der Waals surface area contributed by atoms with Crippen LogP contribution in [0.3, 0.4) is 0 Å². The summed E-state index contributed by atoms with van der Waals surface area (Å²) in [5.41, 5.74) is 2.19. The molecule has 0 saturated heterocycles. The van der Waals surface area contributed by atoms with Crippen molar-refractivity contribution < 1.29 is 14.3 Å². The summed E-state index contributed by atoms with van der Waals surface area (Å²) in [7, 11) is 1.65. The highest BCUT2D eigenvalue weighted by atomic mass is 16.5. The molecule has 1 aromatic heterocycles. The Labute approximate surface area is 159 Å². The van der Waals surface area contributed by atoms with Gasteiger partial charge in [-0.15, -0.1) is 5.10 Å². The fraction of sp³-hybridized carbons (Fsp3) is 0.550. The Bertz CT molecular complexity index is 781. The van der Waals surface area contributed by atoms with Gasteiger partial charge in [0.15, 0.2) is 5.69 Å². The van der Waals surface area contributed by atoms with Gasteiger partial charge in [0.1, 0.15) is 11.9 Å². The smallest absolute Gasteiger partial charge is 0.273 e. The van der Waals surface area contributed by atoms with Crippen LogP contribution in [-0.2, 0) is 17.9 Å². The van der Waals surface area contributed by atoms with Crippen molar-refractivity contribution in [2.45, 2.75) is 51.4 Å². The highest BCUT2D eigenvalue weighted by Gasteiger charge is 2.28. The molecule has 2 heterocycles. The van der Waals surface area contributed by atoms with Crippen molar-refractivity contribution in [1.82, 2.24) is 20.3 Å². The quantitative estimate of drug-likeness (QED) is 0.876. The van der Waals surface area contributed by atoms with Gasteiger partial charge in [0.05, 0.1) is 26.0 Å². The van der Waals surface area contributed by atoms with Crippen LogP contribution >= 0.6 is 0 Å². The summed E-state index contributed by atoms with van der Waals surface area (Å²) in [5.74, 6) is 1.26. The predicted octanol–water partition coefficient (Wildman–Crippen LogP) is 2.87. The molecule has 7 heteroatoms. The van der Waals surface area contributed by atoms with Gasteiger partial charge in [0.2, 0.25) is 0 Å². The lowest BCUT2D eigenvalue weighted by atomic mass is 9.89. The van der Waals surface area contributed by atoms with E-state index < -0.39 is 0 Å². The standard InChI is InChI=1S/C20H26N4O3/c1-26-16-9-7-15(8-10-16)18-12-24-17(13-27-18)19(22-23-24)20(25)21-11-14-5-3-2-4-6-14/h7-10,14,18H,2-6,11-13H2,1H3,(H,21,25)/t18-/m0/s1. The van der Waals surface area contributed by atoms with Crippen LogP contribution in [0.1, 0.15) is 60.0 Å². The summed E-state index contributed by atoms with van der Waals surface area (Å²) in [5, 5.41) is 11.3. The van der Waals surface area contributed by atoms with Gasteiger partial charge in [-0.3, -0.25) is 4.79 Å². The first kappa shape index (κ1) is 18.0. The number of carbonyl (C=O) groups excluding carboxylic acids is 1. The summed E-state index contributed by atoms with van der Waals surface area (Å²) in [4.78, 5) is 12.5. The Morgan fingerprint density at radius 3 is 2.78 bits per heavy atom. The molecule has 2 aromatic rings. The van der Waals surface area contributed by atoms with E-state index >= 15 is 0 Å². The normalized spacial score (nSPS) is 20.1. The fourth-order valence-electron chi connectivity index (χ4n) is 3.92. The van der Waals surface area contributed by atoms with Crippen LogP contribution in [0.25, 0.3) is 0 Å². The Kier molecular flexibility index (Phi) is 5.38. The number of aromatic nitrogens is 3. The number of ether oxygens (including phenoxy) is 2. The third kappa shape index (κ3) is 3.98. The lowest BCUT2D eigenvalue weighted by Gasteiger charge is -2.24. The minimum absolute atomic E-state index is 0.108. The number of hydrogen-bond acceptors (Lipinski definition) is 5. The Balaban J connectivity index is 1.39. The molecule has 1 aliphatic carbocycles. The van der Waals surface area contributed by atoms with Gasteiger partial charge in [-0.2, -0.15) is 0 Å². The number of nitrogens with zero attached hydrogens (tertiary/aromatic N) is 3. The number of nitrogens with one attached hydrogen (secondary N) is 1. The number of carbonyl (C=O) groups is 1. The third-order valence-corrected chi connectivity index (χ3v) is 5.58. The molecule has 4 rings (SSSR count). The molecule has 1 atom stereocenters.